The number of hydrogen-bond donors (Lipinski definition) is 1. The number of carbonyl (C=O) groups is 1. The molecule has 3 rings (SSSR count). The molecule has 1 aliphatic carbocycles. The van der Waals surface area contributed by atoms with Crippen molar-refractivity contribution >= 4 is 11.9 Å². The van der Waals surface area contributed by atoms with Crippen LogP contribution in [0, 0.1) is 0 Å². The maximum atomic E-state index is 12.9. The van der Waals surface area contributed by atoms with Gasteiger partial charge in [-0.1, -0.05) is 12.1 Å². The van der Waals surface area contributed by atoms with Gasteiger partial charge in [0, 0.05) is 23.1 Å². The molecule has 0 spiro atoms. The Morgan fingerprint density at radius 1 is 0.923 bits per heavy atom. The Balaban J connectivity index is 2.09. The fourth-order valence-electron chi connectivity index (χ4n) is 2.80. The van der Waals surface area contributed by atoms with Gasteiger partial charge in [-0.25, -0.2) is 0 Å². The normalized spacial score (nSPS) is 16.2. The number of aromatic hydroxyl groups is 1. The molecular weight excluding hydrogens is 362 g/mol. The van der Waals surface area contributed by atoms with Crippen molar-refractivity contribution in [3.05, 3.63) is 69.8 Å². The molecule has 0 aliphatic heterocycles. The van der Waals surface area contributed by atoms with Crippen molar-refractivity contribution in [2.24, 2.45) is 0 Å². The second kappa shape index (κ2) is 5.89. The molecule has 2 nitrogen and oxygen atoms in total. The van der Waals surface area contributed by atoms with Crippen molar-refractivity contribution in [2.75, 3.05) is 0 Å². The average molecular weight is 372 g/mol. The summed E-state index contributed by atoms with van der Waals surface area (Å²) in [5.41, 5.74) is -2.81. The molecule has 0 amide bonds. The van der Waals surface area contributed by atoms with Crippen molar-refractivity contribution < 1.29 is 36.2 Å². The van der Waals surface area contributed by atoms with E-state index < -0.39 is 29.3 Å². The maximum absolute atomic E-state index is 12.9. The predicted molar refractivity (Wildman–Crippen MR) is 80.6 cm³/mol. The second-order valence-corrected chi connectivity index (χ2v) is 5.82. The van der Waals surface area contributed by atoms with Crippen LogP contribution in [0.5, 0.6) is 5.75 Å². The first-order chi connectivity index (χ1) is 12.0. The van der Waals surface area contributed by atoms with Gasteiger partial charge >= 0.3 is 12.4 Å². The van der Waals surface area contributed by atoms with Gasteiger partial charge in [0.25, 0.3) is 0 Å². The first kappa shape index (κ1) is 18.0. The lowest BCUT2D eigenvalue weighted by Gasteiger charge is -2.13. The molecular formula is C18H10F6O2. The fraction of sp³-hybridized carbons (Fsp3) is 0.167. The summed E-state index contributed by atoms with van der Waals surface area (Å²) in [6.07, 6.45) is -9.00. The minimum Gasteiger partial charge on any atom is -0.508 e. The Bertz CT molecular complexity index is 890. The van der Waals surface area contributed by atoms with Crippen LogP contribution >= 0.6 is 0 Å². The highest BCUT2D eigenvalue weighted by molar-refractivity contribution is 6.16. The van der Waals surface area contributed by atoms with E-state index in [2.05, 4.69) is 0 Å². The van der Waals surface area contributed by atoms with E-state index in [-0.39, 0.29) is 34.9 Å². The van der Waals surface area contributed by atoms with Crippen LogP contribution < -0.4 is 0 Å². The van der Waals surface area contributed by atoms with Gasteiger partial charge in [0.2, 0.25) is 0 Å². The van der Waals surface area contributed by atoms with Crippen LogP contribution in [0.3, 0.4) is 0 Å². The SMILES string of the molecule is O=C1C(=Cc2cc(C(F)(F)F)cc(C(F)(F)F)c2)Cc2c(O)cccc21. The van der Waals surface area contributed by atoms with E-state index in [1.54, 1.807) is 0 Å². The van der Waals surface area contributed by atoms with E-state index in [9.17, 15) is 36.2 Å². The Kier molecular flexibility index (Phi) is 4.09. The largest absolute Gasteiger partial charge is 0.508 e. The summed E-state index contributed by atoms with van der Waals surface area (Å²) >= 11 is 0. The number of carbonyl (C=O) groups excluding carboxylic acids is 1. The third kappa shape index (κ3) is 3.31. The molecule has 1 N–H and O–H groups in total. The zero-order valence-electron chi connectivity index (χ0n) is 12.9. The molecule has 2 aromatic carbocycles. The molecule has 0 heterocycles. The lowest BCUT2D eigenvalue weighted by atomic mass is 10.0. The maximum Gasteiger partial charge on any atom is 0.416 e. The summed E-state index contributed by atoms with van der Waals surface area (Å²) in [5, 5.41) is 9.76. The number of alkyl halides is 6. The summed E-state index contributed by atoms with van der Waals surface area (Å²) in [4.78, 5) is 12.3. The lowest BCUT2D eigenvalue weighted by Crippen LogP contribution is -2.11. The van der Waals surface area contributed by atoms with Crippen molar-refractivity contribution in [1.82, 2.24) is 0 Å². The molecule has 0 fully saturated rings. The topological polar surface area (TPSA) is 37.3 Å². The number of fused-ring (bicyclic) bond motifs is 1. The van der Waals surface area contributed by atoms with E-state index in [0.717, 1.165) is 6.08 Å². The number of allylic oxidation sites excluding steroid dienone is 1. The van der Waals surface area contributed by atoms with E-state index in [1.165, 1.54) is 18.2 Å². The first-order valence-corrected chi connectivity index (χ1v) is 7.32. The molecule has 0 unspecified atom stereocenters. The second-order valence-electron chi connectivity index (χ2n) is 5.82. The zero-order chi connectivity index (χ0) is 19.3. The lowest BCUT2D eigenvalue weighted by molar-refractivity contribution is -0.143. The molecule has 0 saturated carbocycles. The molecule has 136 valence electrons. The van der Waals surface area contributed by atoms with Gasteiger partial charge in [0.05, 0.1) is 11.1 Å². The number of rotatable bonds is 1. The Hall–Kier alpha value is -2.77. The summed E-state index contributed by atoms with van der Waals surface area (Å²) < 4.78 is 77.4. The van der Waals surface area contributed by atoms with Crippen molar-refractivity contribution in [3.63, 3.8) is 0 Å². The minimum absolute atomic E-state index is 0.00829. The van der Waals surface area contributed by atoms with Gasteiger partial charge in [-0.3, -0.25) is 4.79 Å². The van der Waals surface area contributed by atoms with Crippen LogP contribution in [0.2, 0.25) is 0 Å². The number of phenolic OH excluding ortho intramolecular Hbond substituents is 1. The predicted octanol–water partition coefficient (Wildman–Crippen LogP) is 5.25. The smallest absolute Gasteiger partial charge is 0.416 e. The molecule has 8 heteroatoms. The van der Waals surface area contributed by atoms with Crippen LogP contribution in [0.15, 0.2) is 42.0 Å². The summed E-state index contributed by atoms with van der Waals surface area (Å²) in [6, 6.07) is 5.35. The highest BCUT2D eigenvalue weighted by atomic mass is 19.4. The van der Waals surface area contributed by atoms with E-state index in [4.69, 9.17) is 0 Å². The molecule has 0 saturated heterocycles. The third-order valence-electron chi connectivity index (χ3n) is 4.01. The molecule has 0 radical (unpaired) electrons. The van der Waals surface area contributed by atoms with Gasteiger partial charge < -0.3 is 5.11 Å². The van der Waals surface area contributed by atoms with Gasteiger partial charge in [-0.05, 0) is 35.9 Å². The number of halogens is 6. The average Bonchev–Trinajstić information content (AvgIpc) is 2.84. The molecule has 0 atom stereocenters. The Morgan fingerprint density at radius 2 is 1.50 bits per heavy atom. The molecule has 1 aliphatic rings. The Morgan fingerprint density at radius 3 is 2.00 bits per heavy atom. The minimum atomic E-state index is -4.96. The molecule has 0 aromatic heterocycles. The summed E-state index contributed by atoms with van der Waals surface area (Å²) in [7, 11) is 0. The first-order valence-electron chi connectivity index (χ1n) is 7.32. The number of hydrogen-bond acceptors (Lipinski definition) is 2. The van der Waals surface area contributed by atoms with Crippen molar-refractivity contribution in [1.29, 1.82) is 0 Å². The summed E-state index contributed by atoms with van der Waals surface area (Å²) in [6.45, 7) is 0. The van der Waals surface area contributed by atoms with Gasteiger partial charge in [-0.2, -0.15) is 26.3 Å². The van der Waals surface area contributed by atoms with Crippen LogP contribution in [-0.4, -0.2) is 10.9 Å². The Labute approximate surface area is 143 Å². The standard InChI is InChI=1S/C18H10F6O2/c19-17(20,21)11-5-9(6-12(8-11)18(22,23)24)4-10-7-14-13(16(10)26)2-1-3-15(14)25/h1-6,8,25H,7H2. The quantitative estimate of drug-likeness (QED) is 0.548. The molecule has 2 aromatic rings. The van der Waals surface area contributed by atoms with E-state index in [1.807, 2.05) is 0 Å². The number of benzene rings is 2. The highest BCUT2D eigenvalue weighted by Crippen LogP contribution is 2.38. The van der Waals surface area contributed by atoms with Crippen LogP contribution in [0.1, 0.15) is 32.6 Å². The number of phenols is 1. The monoisotopic (exact) mass is 372 g/mol. The van der Waals surface area contributed by atoms with Gasteiger partial charge in [0.15, 0.2) is 5.78 Å². The van der Waals surface area contributed by atoms with Gasteiger partial charge in [0.1, 0.15) is 5.75 Å². The molecule has 0 bridgehead atoms. The molecule has 26 heavy (non-hydrogen) atoms. The van der Waals surface area contributed by atoms with Crippen LogP contribution in [0.4, 0.5) is 26.3 Å². The van der Waals surface area contributed by atoms with Crippen molar-refractivity contribution in [3.8, 4) is 5.75 Å². The fourth-order valence-corrected chi connectivity index (χ4v) is 2.80. The summed E-state index contributed by atoms with van der Waals surface area (Å²) in [5.74, 6) is -0.693. The zero-order valence-corrected chi connectivity index (χ0v) is 12.9. The van der Waals surface area contributed by atoms with E-state index >= 15 is 0 Å². The van der Waals surface area contributed by atoms with Crippen molar-refractivity contribution in [2.45, 2.75) is 18.8 Å². The number of ketones is 1. The van der Waals surface area contributed by atoms with Gasteiger partial charge in [-0.15, -0.1) is 0 Å². The van der Waals surface area contributed by atoms with Crippen LogP contribution in [-0.2, 0) is 18.8 Å². The number of Topliss-reactive ketones (excluding diaryl/α,β-unsaturated/α-hetero) is 1. The van der Waals surface area contributed by atoms with E-state index in [0.29, 0.717) is 17.7 Å². The third-order valence-corrected chi connectivity index (χ3v) is 4.01. The van der Waals surface area contributed by atoms with Crippen LogP contribution in [0.25, 0.3) is 6.08 Å². The highest BCUT2D eigenvalue weighted by Gasteiger charge is 2.37.